The summed E-state index contributed by atoms with van der Waals surface area (Å²) in [6, 6.07) is 6.87. The van der Waals surface area contributed by atoms with Gasteiger partial charge < -0.3 is 19.8 Å². The Balaban J connectivity index is 1.38. The topological polar surface area (TPSA) is 82.9 Å². The molecule has 11 heteroatoms. The van der Waals surface area contributed by atoms with Crippen LogP contribution in [-0.4, -0.2) is 58.6 Å². The molecule has 0 saturated carbocycles. The van der Waals surface area contributed by atoms with Gasteiger partial charge >= 0.3 is 5.97 Å². The maximum Gasteiger partial charge on any atom is 0.303 e. The SMILES string of the molecule is COc1ccc2ncc(Cl)c([C@@H](O)CC[C@@H]3CCN(CCSc4cc(F)cc(F)c4F)C[C@H]3CC(=O)O)c2c1. The molecule has 0 radical (unpaired) electrons. The van der Waals surface area contributed by atoms with Crippen LogP contribution in [0.15, 0.2) is 41.4 Å². The smallest absolute Gasteiger partial charge is 0.303 e. The number of aromatic nitrogens is 1. The Morgan fingerprint density at radius 2 is 2.05 bits per heavy atom. The number of methoxy groups -OCH3 is 1. The number of nitrogens with zero attached hydrogens (tertiary/aromatic N) is 2. The quantitative estimate of drug-likeness (QED) is 0.202. The fraction of sp³-hybridized carbons (Fsp3) is 0.429. The largest absolute Gasteiger partial charge is 0.497 e. The number of fused-ring (bicyclic) bond motifs is 1. The number of carboxylic acid groups (broad SMARTS) is 1. The molecule has 1 saturated heterocycles. The van der Waals surface area contributed by atoms with E-state index in [1.54, 1.807) is 25.3 Å². The number of aliphatic hydroxyl groups excluding tert-OH is 1. The molecule has 0 amide bonds. The average Bonchev–Trinajstić information content (AvgIpc) is 2.90. The van der Waals surface area contributed by atoms with E-state index in [-0.39, 0.29) is 23.2 Å². The fourth-order valence-corrected chi connectivity index (χ4v) is 6.53. The Kier molecular flexibility index (Phi) is 9.98. The van der Waals surface area contributed by atoms with Crippen molar-refractivity contribution in [1.82, 2.24) is 9.88 Å². The lowest BCUT2D eigenvalue weighted by Gasteiger charge is -2.38. The second kappa shape index (κ2) is 13.2. The number of pyridine rings is 1. The molecule has 1 fully saturated rings. The van der Waals surface area contributed by atoms with Gasteiger partial charge in [0.15, 0.2) is 11.6 Å². The van der Waals surface area contributed by atoms with Crippen molar-refractivity contribution in [2.75, 3.05) is 32.5 Å². The van der Waals surface area contributed by atoms with Gasteiger partial charge in [0.25, 0.3) is 0 Å². The van der Waals surface area contributed by atoms with Gasteiger partial charge in [-0.25, -0.2) is 13.2 Å². The highest BCUT2D eigenvalue weighted by Gasteiger charge is 2.31. The highest BCUT2D eigenvalue weighted by Crippen LogP contribution is 2.37. The molecule has 1 aromatic heterocycles. The predicted octanol–water partition coefficient (Wildman–Crippen LogP) is 6.33. The Labute approximate surface area is 234 Å². The second-order valence-electron chi connectivity index (χ2n) is 9.75. The molecule has 210 valence electrons. The van der Waals surface area contributed by atoms with Crippen LogP contribution in [0.4, 0.5) is 13.2 Å². The number of aliphatic hydroxyl groups is 1. The van der Waals surface area contributed by atoms with Crippen molar-refractivity contribution in [2.24, 2.45) is 11.8 Å². The number of thioether (sulfide) groups is 1. The minimum atomic E-state index is -1.22. The minimum Gasteiger partial charge on any atom is -0.497 e. The van der Waals surface area contributed by atoms with E-state index in [2.05, 4.69) is 9.88 Å². The molecule has 2 heterocycles. The molecule has 2 N–H and O–H groups in total. The third-order valence-electron chi connectivity index (χ3n) is 7.25. The van der Waals surface area contributed by atoms with Crippen LogP contribution in [0, 0.1) is 29.3 Å². The standard InChI is InChI=1S/C28H30ClF3N2O4S/c1-38-19-3-4-23-20(13-19)27(21(29)14-33-23)24(35)5-2-16-6-7-34(15-17(16)10-26(36)37)8-9-39-25-12-18(30)11-22(31)28(25)32/h3-4,11-14,16-17,24,35H,2,5-10,15H2,1H3,(H,36,37)/t16-,17-,24+/m1/s1. The van der Waals surface area contributed by atoms with Crippen LogP contribution < -0.4 is 4.74 Å². The first-order valence-corrected chi connectivity index (χ1v) is 14.0. The number of piperidine rings is 1. The molecular formula is C28H30ClF3N2O4S. The molecule has 2 aromatic carbocycles. The summed E-state index contributed by atoms with van der Waals surface area (Å²) in [7, 11) is 1.56. The molecule has 0 bridgehead atoms. The molecule has 6 nitrogen and oxygen atoms in total. The van der Waals surface area contributed by atoms with E-state index in [0.717, 1.165) is 24.2 Å². The maximum atomic E-state index is 13.9. The van der Waals surface area contributed by atoms with Crippen LogP contribution in [-0.2, 0) is 4.79 Å². The lowest BCUT2D eigenvalue weighted by molar-refractivity contribution is -0.139. The number of rotatable bonds is 11. The van der Waals surface area contributed by atoms with Gasteiger partial charge in [-0.3, -0.25) is 9.78 Å². The monoisotopic (exact) mass is 582 g/mol. The van der Waals surface area contributed by atoms with Crippen LogP contribution in [0.2, 0.25) is 5.02 Å². The second-order valence-corrected chi connectivity index (χ2v) is 11.3. The lowest BCUT2D eigenvalue weighted by atomic mass is 9.79. The van der Waals surface area contributed by atoms with Gasteiger partial charge in [0, 0.05) is 53.4 Å². The van der Waals surface area contributed by atoms with Crippen molar-refractivity contribution in [3.63, 3.8) is 0 Å². The van der Waals surface area contributed by atoms with Crippen molar-refractivity contribution in [1.29, 1.82) is 0 Å². The highest BCUT2D eigenvalue weighted by molar-refractivity contribution is 7.99. The first kappa shape index (κ1) is 29.5. The number of carbonyl (C=O) groups is 1. The van der Waals surface area contributed by atoms with Crippen molar-refractivity contribution in [2.45, 2.75) is 36.7 Å². The number of likely N-dealkylation sites (tertiary alicyclic amines) is 1. The van der Waals surface area contributed by atoms with Gasteiger partial charge in [0.05, 0.1) is 23.8 Å². The number of aliphatic carboxylic acids is 1. The first-order valence-electron chi connectivity index (χ1n) is 12.7. The summed E-state index contributed by atoms with van der Waals surface area (Å²) in [5.41, 5.74) is 1.26. The summed E-state index contributed by atoms with van der Waals surface area (Å²) in [5.74, 6) is -3.05. The lowest BCUT2D eigenvalue weighted by Crippen LogP contribution is -2.42. The molecule has 0 aliphatic carbocycles. The van der Waals surface area contributed by atoms with E-state index in [9.17, 15) is 28.2 Å². The Morgan fingerprint density at radius 3 is 2.79 bits per heavy atom. The molecule has 4 rings (SSSR count). The van der Waals surface area contributed by atoms with Gasteiger partial charge in [-0.05, 0) is 61.9 Å². The van der Waals surface area contributed by atoms with E-state index in [1.165, 1.54) is 6.20 Å². The molecule has 3 aromatic rings. The third kappa shape index (κ3) is 7.36. The number of halogens is 4. The average molecular weight is 583 g/mol. The highest BCUT2D eigenvalue weighted by atomic mass is 35.5. The first-order chi connectivity index (χ1) is 18.7. The van der Waals surface area contributed by atoms with E-state index >= 15 is 0 Å². The minimum absolute atomic E-state index is 0.00964. The van der Waals surface area contributed by atoms with Gasteiger partial charge in [-0.15, -0.1) is 11.8 Å². The zero-order chi connectivity index (χ0) is 28.1. The summed E-state index contributed by atoms with van der Waals surface area (Å²) in [6.45, 7) is 1.76. The number of benzene rings is 2. The molecule has 0 unspecified atom stereocenters. The number of carboxylic acids is 1. The van der Waals surface area contributed by atoms with Crippen molar-refractivity contribution in [3.05, 3.63) is 64.6 Å². The molecular weight excluding hydrogens is 553 g/mol. The summed E-state index contributed by atoms with van der Waals surface area (Å²) in [5, 5.41) is 21.7. The Bertz CT molecular complexity index is 1330. The van der Waals surface area contributed by atoms with Crippen LogP contribution >= 0.6 is 23.4 Å². The van der Waals surface area contributed by atoms with Crippen molar-refractivity contribution >= 4 is 40.2 Å². The molecule has 39 heavy (non-hydrogen) atoms. The van der Waals surface area contributed by atoms with Gasteiger partial charge in [0.2, 0.25) is 0 Å². The van der Waals surface area contributed by atoms with Gasteiger partial charge in [-0.2, -0.15) is 0 Å². The summed E-state index contributed by atoms with van der Waals surface area (Å²) in [4.78, 5) is 18.0. The molecule has 1 aliphatic rings. The zero-order valence-corrected chi connectivity index (χ0v) is 23.0. The molecule has 0 spiro atoms. The Hall–Kier alpha value is -2.53. The summed E-state index contributed by atoms with van der Waals surface area (Å²) >= 11 is 7.47. The van der Waals surface area contributed by atoms with Crippen LogP contribution in [0.1, 0.15) is 37.4 Å². The number of ether oxygens (including phenoxy) is 1. The van der Waals surface area contributed by atoms with Crippen molar-refractivity contribution < 1.29 is 32.9 Å². The van der Waals surface area contributed by atoms with Gasteiger partial charge in [0.1, 0.15) is 11.6 Å². The van der Waals surface area contributed by atoms with Crippen molar-refractivity contribution in [3.8, 4) is 5.75 Å². The van der Waals surface area contributed by atoms with Crippen LogP contribution in [0.3, 0.4) is 0 Å². The van der Waals surface area contributed by atoms with E-state index in [1.807, 2.05) is 0 Å². The summed E-state index contributed by atoms with van der Waals surface area (Å²) < 4.78 is 46.2. The number of hydrogen-bond acceptors (Lipinski definition) is 6. The van der Waals surface area contributed by atoms with E-state index < -0.39 is 29.5 Å². The number of hydrogen-bond donors (Lipinski definition) is 2. The molecule has 3 atom stereocenters. The fourth-order valence-electron chi connectivity index (χ4n) is 5.27. The van der Waals surface area contributed by atoms with Crippen LogP contribution in [0.5, 0.6) is 5.75 Å². The zero-order valence-electron chi connectivity index (χ0n) is 21.4. The normalized spacial score (nSPS) is 18.8. The Morgan fingerprint density at radius 1 is 1.26 bits per heavy atom. The third-order valence-corrected chi connectivity index (χ3v) is 8.55. The predicted molar refractivity (Wildman–Crippen MR) is 145 cm³/mol. The summed E-state index contributed by atoms with van der Waals surface area (Å²) in [6.07, 6.45) is 2.39. The molecule has 1 aliphatic heterocycles. The maximum absolute atomic E-state index is 13.9. The van der Waals surface area contributed by atoms with Gasteiger partial charge in [-0.1, -0.05) is 11.6 Å². The van der Waals surface area contributed by atoms with E-state index in [0.29, 0.717) is 71.5 Å². The van der Waals surface area contributed by atoms with E-state index in [4.69, 9.17) is 16.3 Å². The van der Waals surface area contributed by atoms with Crippen LogP contribution in [0.25, 0.3) is 10.9 Å².